The van der Waals surface area contributed by atoms with Gasteiger partial charge >= 0.3 is 0 Å². The summed E-state index contributed by atoms with van der Waals surface area (Å²) in [6.45, 7) is 7.41. The molecule has 0 saturated carbocycles. The van der Waals surface area contributed by atoms with Crippen molar-refractivity contribution in [3.63, 3.8) is 0 Å². The maximum Gasteiger partial charge on any atom is 0.247 e. The van der Waals surface area contributed by atoms with E-state index in [9.17, 15) is 13.2 Å². The molecule has 2 aliphatic heterocycles. The van der Waals surface area contributed by atoms with Gasteiger partial charge in [0.05, 0.1) is 27.8 Å². The van der Waals surface area contributed by atoms with Crippen LogP contribution in [0.3, 0.4) is 0 Å². The Bertz CT molecular complexity index is 1340. The van der Waals surface area contributed by atoms with Crippen LogP contribution in [0.15, 0.2) is 41.3 Å². The molecule has 2 unspecified atom stereocenters. The molecule has 0 N–H and O–H groups in total. The second-order valence-electron chi connectivity index (χ2n) is 9.52. The molecule has 1 aromatic heterocycles. The highest BCUT2D eigenvalue weighted by atomic mass is 32.2. The van der Waals surface area contributed by atoms with Crippen molar-refractivity contribution in [2.75, 3.05) is 24.6 Å². The van der Waals surface area contributed by atoms with E-state index in [0.29, 0.717) is 37.7 Å². The molecule has 2 fully saturated rings. The second-order valence-corrected chi connectivity index (χ2v) is 12.4. The smallest absolute Gasteiger partial charge is 0.247 e. The zero-order valence-corrected chi connectivity index (χ0v) is 22.0. The first kappa shape index (κ1) is 24.4. The van der Waals surface area contributed by atoms with Crippen LogP contribution in [0.25, 0.3) is 10.2 Å². The molecular weight excluding hydrogens is 482 g/mol. The van der Waals surface area contributed by atoms with Crippen LogP contribution in [0.2, 0.25) is 0 Å². The number of benzene rings is 2. The molecule has 9 heteroatoms. The first-order chi connectivity index (χ1) is 16.8. The Morgan fingerprint density at radius 2 is 1.89 bits per heavy atom. The number of sulfonamides is 1. The third kappa shape index (κ3) is 4.62. The summed E-state index contributed by atoms with van der Waals surface area (Å²) in [7, 11) is -3.79. The van der Waals surface area contributed by atoms with Crippen LogP contribution < -0.4 is 4.90 Å². The van der Waals surface area contributed by atoms with Crippen LogP contribution >= 0.6 is 11.3 Å². The molecule has 1 amide bonds. The normalized spacial score (nSPS) is 21.1. The van der Waals surface area contributed by atoms with E-state index in [0.717, 1.165) is 39.7 Å². The van der Waals surface area contributed by atoms with Gasteiger partial charge < -0.3 is 4.74 Å². The second kappa shape index (κ2) is 9.61. The number of amides is 1. The van der Waals surface area contributed by atoms with Gasteiger partial charge in [-0.1, -0.05) is 35.1 Å². The number of nitrogens with zero attached hydrogens (tertiary/aromatic N) is 3. The van der Waals surface area contributed by atoms with Crippen molar-refractivity contribution in [2.24, 2.45) is 0 Å². The number of thiazole rings is 1. The third-order valence-corrected chi connectivity index (χ3v) is 10.1. The molecule has 2 aromatic carbocycles. The van der Waals surface area contributed by atoms with Crippen molar-refractivity contribution >= 4 is 42.6 Å². The molecule has 2 aliphatic rings. The molecule has 7 nitrogen and oxygen atoms in total. The molecule has 186 valence electrons. The maximum absolute atomic E-state index is 14.0. The average Bonchev–Trinajstić information content (AvgIpc) is 3.60. The fourth-order valence-corrected chi connectivity index (χ4v) is 7.57. The number of ether oxygens (including phenoxy) is 1. The highest BCUT2D eigenvalue weighted by molar-refractivity contribution is 7.89. The molecule has 2 saturated heterocycles. The Morgan fingerprint density at radius 1 is 1.11 bits per heavy atom. The highest BCUT2D eigenvalue weighted by Crippen LogP contribution is 2.35. The van der Waals surface area contributed by atoms with Crippen molar-refractivity contribution in [1.29, 1.82) is 0 Å². The lowest BCUT2D eigenvalue weighted by atomic mass is 10.1. The van der Waals surface area contributed by atoms with Crippen molar-refractivity contribution in [2.45, 2.75) is 63.5 Å². The third-order valence-electron chi connectivity index (χ3n) is 7.10. The average molecular weight is 514 g/mol. The minimum atomic E-state index is -3.79. The molecular formula is C26H31N3O4S2. The first-order valence-corrected chi connectivity index (χ1v) is 14.4. The van der Waals surface area contributed by atoms with Crippen LogP contribution in [0.4, 0.5) is 5.13 Å². The number of carbonyl (C=O) groups is 1. The topological polar surface area (TPSA) is 79.8 Å². The molecule has 0 radical (unpaired) electrons. The van der Waals surface area contributed by atoms with Crippen LogP contribution in [0.5, 0.6) is 0 Å². The number of aromatic nitrogens is 1. The van der Waals surface area contributed by atoms with E-state index < -0.39 is 16.1 Å². The van der Waals surface area contributed by atoms with Crippen molar-refractivity contribution in [1.82, 2.24) is 9.29 Å². The zero-order chi connectivity index (χ0) is 24.7. The van der Waals surface area contributed by atoms with Gasteiger partial charge in [0.15, 0.2) is 5.13 Å². The van der Waals surface area contributed by atoms with Gasteiger partial charge in [-0.15, -0.1) is 0 Å². The van der Waals surface area contributed by atoms with Gasteiger partial charge in [0, 0.05) is 13.2 Å². The van der Waals surface area contributed by atoms with Crippen molar-refractivity contribution in [3.8, 4) is 0 Å². The van der Waals surface area contributed by atoms with Gasteiger partial charge in [0.1, 0.15) is 6.04 Å². The van der Waals surface area contributed by atoms with Crippen LogP contribution in [0.1, 0.15) is 42.4 Å². The SMILES string of the molecule is Cc1ccc(S(=O)(=O)N2CCCC2C(=O)N(CC2CCCO2)c2nc3c(C)c(C)ccc3s2)cc1. The summed E-state index contributed by atoms with van der Waals surface area (Å²) in [5.74, 6) is -0.220. The first-order valence-electron chi connectivity index (χ1n) is 12.1. The monoisotopic (exact) mass is 513 g/mol. The Kier molecular flexibility index (Phi) is 6.69. The summed E-state index contributed by atoms with van der Waals surface area (Å²) in [6.07, 6.45) is 2.91. The number of rotatable bonds is 6. The largest absolute Gasteiger partial charge is 0.376 e. The molecule has 35 heavy (non-hydrogen) atoms. The molecule has 0 spiro atoms. The predicted molar refractivity (Wildman–Crippen MR) is 139 cm³/mol. The summed E-state index contributed by atoms with van der Waals surface area (Å²) in [6, 6.07) is 10.2. The zero-order valence-electron chi connectivity index (χ0n) is 20.4. The number of aryl methyl sites for hydroxylation is 3. The highest BCUT2D eigenvalue weighted by Gasteiger charge is 2.42. The minimum absolute atomic E-state index is 0.0719. The van der Waals surface area contributed by atoms with Gasteiger partial charge in [0.25, 0.3) is 0 Å². The van der Waals surface area contributed by atoms with E-state index in [4.69, 9.17) is 9.72 Å². The lowest BCUT2D eigenvalue weighted by Gasteiger charge is -2.29. The number of fused-ring (bicyclic) bond motifs is 1. The summed E-state index contributed by atoms with van der Waals surface area (Å²) < 4.78 is 35.3. The molecule has 0 aliphatic carbocycles. The van der Waals surface area contributed by atoms with Crippen LogP contribution in [-0.2, 0) is 19.6 Å². The minimum Gasteiger partial charge on any atom is -0.376 e. The maximum atomic E-state index is 14.0. The molecule has 2 atom stereocenters. The van der Waals surface area contributed by atoms with Gasteiger partial charge in [0.2, 0.25) is 15.9 Å². The summed E-state index contributed by atoms with van der Waals surface area (Å²) in [5, 5.41) is 0.605. The van der Waals surface area contributed by atoms with Crippen molar-refractivity contribution < 1.29 is 17.9 Å². The summed E-state index contributed by atoms with van der Waals surface area (Å²) >= 11 is 1.48. The molecule has 5 rings (SSSR count). The van der Waals surface area contributed by atoms with Crippen LogP contribution in [0, 0.1) is 20.8 Å². The van der Waals surface area contributed by atoms with Gasteiger partial charge in [-0.3, -0.25) is 9.69 Å². The number of hydrogen-bond donors (Lipinski definition) is 0. The fourth-order valence-electron chi connectivity index (χ4n) is 4.88. The number of carbonyl (C=O) groups excluding carboxylic acids is 1. The van der Waals surface area contributed by atoms with E-state index >= 15 is 0 Å². The number of hydrogen-bond acceptors (Lipinski definition) is 6. The quantitative estimate of drug-likeness (QED) is 0.482. The van der Waals surface area contributed by atoms with Gasteiger partial charge in [-0.05, 0) is 75.8 Å². The molecule has 3 aromatic rings. The van der Waals surface area contributed by atoms with E-state index in [2.05, 4.69) is 13.0 Å². The Morgan fingerprint density at radius 3 is 2.60 bits per heavy atom. The van der Waals surface area contributed by atoms with Gasteiger partial charge in [-0.2, -0.15) is 4.31 Å². The lowest BCUT2D eigenvalue weighted by Crippen LogP contribution is -2.49. The van der Waals surface area contributed by atoms with Crippen LogP contribution in [-0.4, -0.2) is 55.5 Å². The van der Waals surface area contributed by atoms with Gasteiger partial charge in [-0.25, -0.2) is 13.4 Å². The predicted octanol–water partition coefficient (Wildman–Crippen LogP) is 4.59. The summed E-state index contributed by atoms with van der Waals surface area (Å²) in [4.78, 5) is 20.8. The Balaban J connectivity index is 1.50. The van der Waals surface area contributed by atoms with E-state index in [-0.39, 0.29) is 16.9 Å². The van der Waals surface area contributed by atoms with E-state index in [1.807, 2.05) is 19.9 Å². The molecule has 0 bridgehead atoms. The standard InChI is InChI=1S/C26H31N3O4S2/c1-17-8-11-21(12-9-17)35(31,32)29-14-4-7-22(29)25(30)28(16-20-6-5-15-33-20)26-27-24-19(3)18(2)10-13-23(24)34-26/h8-13,20,22H,4-7,14-16H2,1-3H3. The van der Waals surface area contributed by atoms with E-state index in [1.54, 1.807) is 29.2 Å². The van der Waals surface area contributed by atoms with Crippen molar-refractivity contribution in [3.05, 3.63) is 53.1 Å². The summed E-state index contributed by atoms with van der Waals surface area (Å²) in [5.41, 5.74) is 4.13. The van der Waals surface area contributed by atoms with E-state index in [1.165, 1.54) is 15.6 Å². The fraction of sp³-hybridized carbons (Fsp3) is 0.462. The number of anilines is 1. The Labute approximate surface area is 210 Å². The Hall–Kier alpha value is -2.33. The molecule has 3 heterocycles. The lowest BCUT2D eigenvalue weighted by molar-refractivity contribution is -0.122.